The number of hydrogen-bond acceptors (Lipinski definition) is 2. The van der Waals surface area contributed by atoms with Crippen LogP contribution in [0.4, 0.5) is 5.69 Å². The highest BCUT2D eigenvalue weighted by atomic mass is 35.5. The van der Waals surface area contributed by atoms with E-state index in [0.717, 1.165) is 37.4 Å². The largest absolute Gasteiger partial charge is 0.368 e. The third-order valence-corrected chi connectivity index (χ3v) is 4.76. The second kappa shape index (κ2) is 7.45. The summed E-state index contributed by atoms with van der Waals surface area (Å²) >= 11 is 12.1. The van der Waals surface area contributed by atoms with Gasteiger partial charge >= 0.3 is 0 Å². The van der Waals surface area contributed by atoms with E-state index in [1.54, 1.807) is 6.07 Å². The average molecular weight is 363 g/mol. The van der Waals surface area contributed by atoms with Gasteiger partial charge in [0.05, 0.1) is 6.42 Å². The number of carbonyl (C=O) groups excluding carboxylic acids is 1. The van der Waals surface area contributed by atoms with E-state index in [-0.39, 0.29) is 5.91 Å². The fraction of sp³-hybridized carbons (Fsp3) is 0.316. The molecule has 24 heavy (non-hydrogen) atoms. The van der Waals surface area contributed by atoms with E-state index in [1.807, 2.05) is 48.2 Å². The molecule has 1 fully saturated rings. The minimum atomic E-state index is 0.183. The first-order chi connectivity index (χ1) is 11.5. The maximum Gasteiger partial charge on any atom is 0.227 e. The molecule has 2 aromatic rings. The number of piperazine rings is 1. The molecule has 0 N–H and O–H groups in total. The van der Waals surface area contributed by atoms with Crippen molar-refractivity contribution in [2.75, 3.05) is 31.1 Å². The third-order valence-electron chi connectivity index (χ3n) is 4.32. The molecule has 0 atom stereocenters. The lowest BCUT2D eigenvalue weighted by Gasteiger charge is -2.36. The summed E-state index contributed by atoms with van der Waals surface area (Å²) in [5.74, 6) is 0.183. The van der Waals surface area contributed by atoms with Crippen LogP contribution in [0.15, 0.2) is 42.5 Å². The van der Waals surface area contributed by atoms with E-state index in [4.69, 9.17) is 23.2 Å². The maximum absolute atomic E-state index is 12.5. The van der Waals surface area contributed by atoms with Crippen LogP contribution >= 0.6 is 23.2 Å². The molecule has 1 amide bonds. The van der Waals surface area contributed by atoms with Crippen LogP contribution in [0.2, 0.25) is 10.0 Å². The third kappa shape index (κ3) is 4.22. The molecule has 0 spiro atoms. The van der Waals surface area contributed by atoms with Crippen LogP contribution in [-0.2, 0) is 11.2 Å². The van der Waals surface area contributed by atoms with Crippen LogP contribution in [0.25, 0.3) is 0 Å². The van der Waals surface area contributed by atoms with Gasteiger partial charge in [-0.2, -0.15) is 0 Å². The van der Waals surface area contributed by atoms with E-state index in [1.165, 1.54) is 5.56 Å². The van der Waals surface area contributed by atoms with Crippen molar-refractivity contribution < 1.29 is 4.79 Å². The van der Waals surface area contributed by atoms with Crippen molar-refractivity contribution in [2.24, 2.45) is 0 Å². The second-order valence-corrected chi connectivity index (χ2v) is 7.03. The maximum atomic E-state index is 12.5. The summed E-state index contributed by atoms with van der Waals surface area (Å²) in [5.41, 5.74) is 3.28. The summed E-state index contributed by atoms with van der Waals surface area (Å²) in [6.45, 7) is 5.06. The van der Waals surface area contributed by atoms with Gasteiger partial charge in [0.15, 0.2) is 0 Å². The van der Waals surface area contributed by atoms with Gasteiger partial charge in [0.2, 0.25) is 5.91 Å². The molecule has 3 nitrogen and oxygen atoms in total. The summed E-state index contributed by atoms with van der Waals surface area (Å²) in [6, 6.07) is 13.7. The Balaban J connectivity index is 1.58. The fourth-order valence-corrected chi connectivity index (χ4v) is 3.44. The lowest BCUT2D eigenvalue weighted by molar-refractivity contribution is -0.130. The fourth-order valence-electron chi connectivity index (χ4n) is 2.93. The van der Waals surface area contributed by atoms with Gasteiger partial charge in [-0.3, -0.25) is 4.79 Å². The first-order valence-electron chi connectivity index (χ1n) is 8.05. The highest BCUT2D eigenvalue weighted by molar-refractivity contribution is 6.35. The Kier molecular flexibility index (Phi) is 5.32. The van der Waals surface area contributed by atoms with Crippen LogP contribution < -0.4 is 4.90 Å². The predicted molar refractivity (Wildman–Crippen MR) is 100 cm³/mol. The lowest BCUT2D eigenvalue weighted by Crippen LogP contribution is -2.49. The number of hydrogen-bond donors (Lipinski definition) is 0. The number of nitrogens with zero attached hydrogens (tertiary/aromatic N) is 2. The van der Waals surface area contributed by atoms with Gasteiger partial charge in [0.25, 0.3) is 0 Å². The number of rotatable bonds is 3. The number of benzene rings is 2. The Morgan fingerprint density at radius 2 is 1.54 bits per heavy atom. The summed E-state index contributed by atoms with van der Waals surface area (Å²) in [6.07, 6.45) is 0.462. The number of aryl methyl sites for hydroxylation is 1. The molecule has 0 radical (unpaired) electrons. The first-order valence-corrected chi connectivity index (χ1v) is 8.81. The molecule has 0 aliphatic carbocycles. The van der Waals surface area contributed by atoms with Gasteiger partial charge in [-0.15, -0.1) is 0 Å². The summed E-state index contributed by atoms with van der Waals surface area (Å²) in [7, 11) is 0. The Bertz CT molecular complexity index is 702. The lowest BCUT2D eigenvalue weighted by atomic mass is 10.1. The minimum absolute atomic E-state index is 0.183. The van der Waals surface area contributed by atoms with Gasteiger partial charge in [0.1, 0.15) is 0 Å². The number of anilines is 1. The number of carbonyl (C=O) groups is 1. The Morgan fingerprint density at radius 3 is 2.12 bits per heavy atom. The Hall–Kier alpha value is -1.71. The average Bonchev–Trinajstić information content (AvgIpc) is 2.56. The summed E-state index contributed by atoms with van der Waals surface area (Å²) < 4.78 is 0. The first kappa shape index (κ1) is 17.1. The van der Waals surface area contributed by atoms with E-state index in [2.05, 4.69) is 4.90 Å². The van der Waals surface area contributed by atoms with Crippen LogP contribution in [-0.4, -0.2) is 37.0 Å². The van der Waals surface area contributed by atoms with Crippen LogP contribution in [0, 0.1) is 6.92 Å². The summed E-state index contributed by atoms with van der Waals surface area (Å²) in [4.78, 5) is 16.6. The molecule has 0 saturated carbocycles. The minimum Gasteiger partial charge on any atom is -0.368 e. The van der Waals surface area contributed by atoms with Crippen molar-refractivity contribution in [1.82, 2.24) is 4.90 Å². The molecule has 0 aromatic heterocycles. The molecule has 3 rings (SSSR count). The molecule has 126 valence electrons. The van der Waals surface area contributed by atoms with Gasteiger partial charge in [-0.05, 0) is 30.7 Å². The summed E-state index contributed by atoms with van der Waals surface area (Å²) in [5, 5.41) is 1.27. The zero-order valence-corrected chi connectivity index (χ0v) is 15.1. The molecule has 1 saturated heterocycles. The zero-order valence-electron chi connectivity index (χ0n) is 13.6. The predicted octanol–water partition coefficient (Wildman–Crippen LogP) is 4.19. The number of halogens is 2. The van der Waals surface area contributed by atoms with Crippen molar-refractivity contribution in [2.45, 2.75) is 13.3 Å². The SMILES string of the molecule is Cc1ccc(CC(=O)N2CCN(c3cc(Cl)cc(Cl)c3)CC2)cc1. The van der Waals surface area contributed by atoms with E-state index in [9.17, 15) is 4.79 Å². The van der Waals surface area contributed by atoms with E-state index in [0.29, 0.717) is 16.5 Å². The highest BCUT2D eigenvalue weighted by Crippen LogP contribution is 2.26. The molecule has 1 heterocycles. The quantitative estimate of drug-likeness (QED) is 0.816. The molecule has 1 aliphatic rings. The van der Waals surface area contributed by atoms with Crippen LogP contribution in [0.5, 0.6) is 0 Å². The molecule has 0 unspecified atom stereocenters. The normalized spacial score (nSPS) is 14.8. The van der Waals surface area contributed by atoms with Crippen molar-refractivity contribution in [1.29, 1.82) is 0 Å². The van der Waals surface area contributed by atoms with Crippen molar-refractivity contribution in [3.8, 4) is 0 Å². The second-order valence-electron chi connectivity index (χ2n) is 6.16. The standard InChI is InChI=1S/C19H20Cl2N2O/c1-14-2-4-15(5-3-14)10-19(24)23-8-6-22(7-9-23)18-12-16(20)11-17(21)13-18/h2-5,11-13H,6-10H2,1H3. The van der Waals surface area contributed by atoms with Crippen LogP contribution in [0.3, 0.4) is 0 Å². The van der Waals surface area contributed by atoms with Crippen LogP contribution in [0.1, 0.15) is 11.1 Å². The smallest absolute Gasteiger partial charge is 0.227 e. The van der Waals surface area contributed by atoms with Gasteiger partial charge in [0, 0.05) is 41.9 Å². The van der Waals surface area contributed by atoms with Gasteiger partial charge < -0.3 is 9.80 Å². The number of amides is 1. The molecule has 0 bridgehead atoms. The monoisotopic (exact) mass is 362 g/mol. The Morgan fingerprint density at radius 1 is 0.958 bits per heavy atom. The molecule has 1 aliphatic heterocycles. The Labute approximate surface area is 152 Å². The zero-order chi connectivity index (χ0) is 17.1. The molecular weight excluding hydrogens is 343 g/mol. The molecular formula is C19H20Cl2N2O. The highest BCUT2D eigenvalue weighted by Gasteiger charge is 2.21. The van der Waals surface area contributed by atoms with Gasteiger partial charge in [-0.1, -0.05) is 53.0 Å². The van der Waals surface area contributed by atoms with Crippen molar-refractivity contribution in [3.63, 3.8) is 0 Å². The van der Waals surface area contributed by atoms with Gasteiger partial charge in [-0.25, -0.2) is 0 Å². The van der Waals surface area contributed by atoms with Crippen molar-refractivity contribution >= 4 is 34.8 Å². The molecule has 2 aromatic carbocycles. The van der Waals surface area contributed by atoms with E-state index < -0.39 is 0 Å². The molecule has 5 heteroatoms. The van der Waals surface area contributed by atoms with Crippen molar-refractivity contribution in [3.05, 3.63) is 63.6 Å². The van der Waals surface area contributed by atoms with E-state index >= 15 is 0 Å². The topological polar surface area (TPSA) is 23.6 Å².